The molecule has 3 aromatic rings. The van der Waals surface area contributed by atoms with Crippen molar-refractivity contribution in [2.75, 3.05) is 6.54 Å². The molecule has 7 nitrogen and oxygen atoms in total. The van der Waals surface area contributed by atoms with Crippen molar-refractivity contribution in [3.63, 3.8) is 0 Å². The Balaban J connectivity index is 2.07. The Morgan fingerprint density at radius 2 is 2.15 bits per heavy atom. The van der Waals surface area contributed by atoms with Crippen molar-refractivity contribution >= 4 is 23.4 Å². The van der Waals surface area contributed by atoms with Gasteiger partial charge in [-0.2, -0.15) is 5.10 Å². The lowest BCUT2D eigenvalue weighted by molar-refractivity contribution is -0.402. The molecule has 0 amide bonds. The summed E-state index contributed by atoms with van der Waals surface area (Å²) in [4.78, 5) is 14.9. The molecular formula is C17H13FN4O3S. The fraction of sp³-hybridized carbons (Fsp3) is 0.0588. The number of thiazole rings is 1. The van der Waals surface area contributed by atoms with Gasteiger partial charge in [-0.1, -0.05) is 18.2 Å². The molecule has 0 spiro atoms. The van der Waals surface area contributed by atoms with Crippen molar-refractivity contribution in [2.45, 2.75) is 0 Å². The van der Waals surface area contributed by atoms with Gasteiger partial charge in [0.1, 0.15) is 10.7 Å². The number of hydrogen-bond donors (Lipinski definition) is 0. The molecule has 0 radical (unpaired) electrons. The Bertz CT molecular complexity index is 1050. The lowest BCUT2D eigenvalue weighted by Gasteiger charge is -2.04. The fourth-order valence-corrected chi connectivity index (χ4v) is 2.98. The van der Waals surface area contributed by atoms with Gasteiger partial charge in [-0.15, -0.1) is 17.9 Å². The largest absolute Gasteiger partial charge is 0.433 e. The second-order valence-electron chi connectivity index (χ2n) is 5.00. The maximum Gasteiger partial charge on any atom is 0.433 e. The van der Waals surface area contributed by atoms with E-state index in [2.05, 4.69) is 16.7 Å². The van der Waals surface area contributed by atoms with Crippen LogP contribution in [0.4, 0.5) is 10.3 Å². The summed E-state index contributed by atoms with van der Waals surface area (Å²) in [6, 6.07) is 8.98. The minimum Gasteiger partial charge on any atom is -0.400 e. The van der Waals surface area contributed by atoms with E-state index in [1.54, 1.807) is 29.7 Å². The molecule has 2 heterocycles. The lowest BCUT2D eigenvalue weighted by Crippen LogP contribution is -2.12. The summed E-state index contributed by atoms with van der Waals surface area (Å²) < 4.78 is 20.7. The number of halogens is 1. The van der Waals surface area contributed by atoms with Gasteiger partial charge >= 0.3 is 5.88 Å². The highest BCUT2D eigenvalue weighted by Gasteiger charge is 2.13. The van der Waals surface area contributed by atoms with E-state index in [-0.39, 0.29) is 11.6 Å². The van der Waals surface area contributed by atoms with Crippen LogP contribution in [-0.4, -0.2) is 22.4 Å². The molecule has 0 aliphatic carbocycles. The minimum absolute atomic E-state index is 0.199. The maximum absolute atomic E-state index is 14.2. The number of furan rings is 1. The van der Waals surface area contributed by atoms with Crippen LogP contribution in [-0.2, 0) is 0 Å². The monoisotopic (exact) mass is 372 g/mol. The predicted molar refractivity (Wildman–Crippen MR) is 96.7 cm³/mol. The predicted octanol–water partition coefficient (Wildman–Crippen LogP) is 3.83. The molecule has 1 aromatic carbocycles. The molecule has 3 rings (SSSR count). The highest BCUT2D eigenvalue weighted by Crippen LogP contribution is 2.23. The van der Waals surface area contributed by atoms with Crippen molar-refractivity contribution < 1.29 is 13.7 Å². The number of hydrogen-bond acceptors (Lipinski definition) is 6. The molecule has 0 unspecified atom stereocenters. The SMILES string of the molecule is C=CCN=c1scc(-c2ccccc2F)n1N=Cc1ccc([N+](=O)[O-])o1. The van der Waals surface area contributed by atoms with E-state index in [9.17, 15) is 14.5 Å². The Labute approximate surface area is 151 Å². The van der Waals surface area contributed by atoms with Gasteiger partial charge in [0, 0.05) is 10.9 Å². The molecule has 0 saturated carbocycles. The van der Waals surface area contributed by atoms with Gasteiger partial charge in [0.2, 0.25) is 4.80 Å². The first kappa shape index (κ1) is 17.5. The van der Waals surface area contributed by atoms with E-state index >= 15 is 0 Å². The van der Waals surface area contributed by atoms with E-state index in [4.69, 9.17) is 4.42 Å². The number of benzene rings is 1. The Morgan fingerprint density at radius 1 is 1.35 bits per heavy atom. The van der Waals surface area contributed by atoms with Crippen LogP contribution in [0.25, 0.3) is 11.3 Å². The van der Waals surface area contributed by atoms with Crippen molar-refractivity contribution in [2.24, 2.45) is 10.1 Å². The molecule has 0 aliphatic heterocycles. The highest BCUT2D eigenvalue weighted by atomic mass is 32.1. The number of nitro groups is 1. The molecule has 9 heteroatoms. The zero-order chi connectivity index (χ0) is 18.5. The molecule has 0 saturated heterocycles. The first-order chi connectivity index (χ1) is 12.6. The van der Waals surface area contributed by atoms with Crippen molar-refractivity contribution in [1.29, 1.82) is 0 Å². The van der Waals surface area contributed by atoms with E-state index in [0.29, 0.717) is 22.6 Å². The highest BCUT2D eigenvalue weighted by molar-refractivity contribution is 7.07. The zero-order valence-electron chi connectivity index (χ0n) is 13.4. The van der Waals surface area contributed by atoms with Gasteiger partial charge in [-0.25, -0.2) is 9.07 Å². The van der Waals surface area contributed by atoms with Crippen LogP contribution in [0.15, 0.2) is 68.9 Å². The average molecular weight is 372 g/mol. The lowest BCUT2D eigenvalue weighted by atomic mass is 10.1. The summed E-state index contributed by atoms with van der Waals surface area (Å²) in [6.07, 6.45) is 2.95. The summed E-state index contributed by atoms with van der Waals surface area (Å²) in [6.45, 7) is 4.00. The number of rotatable bonds is 6. The van der Waals surface area contributed by atoms with Crippen LogP contribution in [0.1, 0.15) is 5.76 Å². The van der Waals surface area contributed by atoms with Crippen LogP contribution in [0.3, 0.4) is 0 Å². The van der Waals surface area contributed by atoms with E-state index in [0.717, 1.165) is 0 Å². The van der Waals surface area contributed by atoms with E-state index in [1.165, 1.54) is 40.4 Å². The van der Waals surface area contributed by atoms with Gasteiger partial charge in [-0.3, -0.25) is 15.1 Å². The third-order valence-corrected chi connectivity index (χ3v) is 4.14. The molecule has 132 valence electrons. The third-order valence-electron chi connectivity index (χ3n) is 3.28. The standard InChI is InChI=1S/C17H13FN4O3S/c1-2-9-19-17-21(20-10-12-7-8-16(25-12)22(23)24)15(11-26-17)13-5-3-4-6-14(13)18/h2-8,10-11H,1,9H2. The average Bonchev–Trinajstić information content (AvgIpc) is 3.25. The topological polar surface area (TPSA) is 85.9 Å². The molecular weight excluding hydrogens is 359 g/mol. The molecule has 0 bridgehead atoms. The third kappa shape index (κ3) is 3.67. The second-order valence-corrected chi connectivity index (χ2v) is 5.84. The van der Waals surface area contributed by atoms with Crippen LogP contribution >= 0.6 is 11.3 Å². The summed E-state index contributed by atoms with van der Waals surface area (Å²) in [5, 5.41) is 16.7. The Kier molecular flexibility index (Phi) is 5.18. The number of nitrogens with zero attached hydrogens (tertiary/aromatic N) is 4. The van der Waals surface area contributed by atoms with Crippen molar-refractivity contribution in [3.8, 4) is 11.3 Å². The summed E-state index contributed by atoms with van der Waals surface area (Å²) >= 11 is 1.29. The molecule has 0 aliphatic rings. The van der Waals surface area contributed by atoms with Gasteiger partial charge in [0.25, 0.3) is 0 Å². The van der Waals surface area contributed by atoms with E-state index in [1.807, 2.05) is 0 Å². The van der Waals surface area contributed by atoms with Crippen molar-refractivity contribution in [1.82, 2.24) is 4.68 Å². The van der Waals surface area contributed by atoms with Crippen LogP contribution in [0.5, 0.6) is 0 Å². The normalized spacial score (nSPS) is 12.0. The summed E-state index contributed by atoms with van der Waals surface area (Å²) in [5.41, 5.74) is 0.875. The smallest absolute Gasteiger partial charge is 0.400 e. The van der Waals surface area contributed by atoms with Crippen LogP contribution in [0.2, 0.25) is 0 Å². The fourth-order valence-electron chi connectivity index (χ4n) is 2.14. The summed E-state index contributed by atoms with van der Waals surface area (Å²) in [5.74, 6) is -0.574. The zero-order valence-corrected chi connectivity index (χ0v) is 14.2. The van der Waals surface area contributed by atoms with Gasteiger partial charge in [0.05, 0.1) is 24.5 Å². The van der Waals surface area contributed by atoms with E-state index < -0.39 is 10.7 Å². The van der Waals surface area contributed by atoms with Gasteiger partial charge < -0.3 is 4.42 Å². The van der Waals surface area contributed by atoms with Gasteiger partial charge in [0.15, 0.2) is 5.76 Å². The van der Waals surface area contributed by atoms with Gasteiger partial charge in [-0.05, 0) is 18.2 Å². The Morgan fingerprint density at radius 3 is 2.85 bits per heavy atom. The van der Waals surface area contributed by atoms with Crippen molar-refractivity contribution in [3.05, 3.63) is 80.9 Å². The maximum atomic E-state index is 14.2. The quantitative estimate of drug-likeness (QED) is 0.285. The first-order valence-electron chi connectivity index (χ1n) is 7.45. The Hall–Kier alpha value is -3.33. The first-order valence-corrected chi connectivity index (χ1v) is 8.33. The number of aromatic nitrogens is 1. The second kappa shape index (κ2) is 7.70. The molecule has 2 aromatic heterocycles. The molecule has 26 heavy (non-hydrogen) atoms. The minimum atomic E-state index is -0.634. The molecule has 0 fully saturated rings. The summed E-state index contributed by atoms with van der Waals surface area (Å²) in [7, 11) is 0. The van der Waals surface area contributed by atoms with Crippen LogP contribution in [0, 0.1) is 15.9 Å². The van der Waals surface area contributed by atoms with Crippen LogP contribution < -0.4 is 4.80 Å². The molecule has 0 atom stereocenters. The molecule has 0 N–H and O–H groups in total.